The molecule has 1 heterocycles. The summed E-state index contributed by atoms with van der Waals surface area (Å²) in [6.45, 7) is 4.76. The zero-order valence-corrected chi connectivity index (χ0v) is 21.0. The van der Waals surface area contributed by atoms with E-state index in [4.69, 9.17) is 17.2 Å². The van der Waals surface area contributed by atoms with Crippen LogP contribution in [0.1, 0.15) is 11.1 Å². The number of hydrogen-bond acceptors (Lipinski definition) is 8. The molecule has 36 heavy (non-hydrogen) atoms. The van der Waals surface area contributed by atoms with Gasteiger partial charge in [0, 0.05) is 51.9 Å². The van der Waals surface area contributed by atoms with Crippen molar-refractivity contribution in [3.63, 3.8) is 0 Å². The Hall–Kier alpha value is -3.06. The number of nitrogens with two attached hydrogens (primary N) is 3. The monoisotopic (exact) mass is 505 g/mol. The number of carboxylic acids is 1. The van der Waals surface area contributed by atoms with E-state index in [9.17, 15) is 24.3 Å². The van der Waals surface area contributed by atoms with Crippen molar-refractivity contribution < 1.29 is 24.3 Å². The van der Waals surface area contributed by atoms with Gasteiger partial charge in [0.25, 0.3) is 0 Å². The molecule has 0 bridgehead atoms. The van der Waals surface area contributed by atoms with Crippen LogP contribution < -0.4 is 17.2 Å². The minimum Gasteiger partial charge on any atom is -0.480 e. The maximum absolute atomic E-state index is 12.0. The first-order chi connectivity index (χ1) is 17.0. The second-order valence-corrected chi connectivity index (χ2v) is 9.39. The quantitative estimate of drug-likeness (QED) is 0.271. The predicted octanol–water partition coefficient (Wildman–Crippen LogP) is -2.33. The Morgan fingerprint density at radius 2 is 1.22 bits per heavy atom. The van der Waals surface area contributed by atoms with Gasteiger partial charge in [0.05, 0.1) is 26.2 Å². The number of hydrogen-bond donors (Lipinski definition) is 4. The molecule has 12 nitrogen and oxygen atoms in total. The number of primary amides is 3. The largest absolute Gasteiger partial charge is 0.480 e. The van der Waals surface area contributed by atoms with Crippen LogP contribution in [0.15, 0.2) is 24.3 Å². The Bertz CT molecular complexity index is 895. The lowest BCUT2D eigenvalue weighted by molar-refractivity contribution is -0.138. The van der Waals surface area contributed by atoms with Crippen molar-refractivity contribution in [3.8, 4) is 0 Å². The van der Waals surface area contributed by atoms with Gasteiger partial charge in [-0.1, -0.05) is 29.8 Å². The molecule has 1 unspecified atom stereocenters. The molecule has 0 spiro atoms. The van der Waals surface area contributed by atoms with E-state index in [0.717, 1.165) is 11.1 Å². The van der Waals surface area contributed by atoms with Crippen LogP contribution in [-0.4, -0.2) is 126 Å². The van der Waals surface area contributed by atoms with Crippen molar-refractivity contribution in [2.45, 2.75) is 19.4 Å². The molecule has 1 fully saturated rings. The van der Waals surface area contributed by atoms with Crippen LogP contribution in [0.4, 0.5) is 0 Å². The Balaban J connectivity index is 2.38. The number of carboxylic acid groups (broad SMARTS) is 1. The molecule has 1 aliphatic rings. The molecule has 3 amide bonds. The minimum atomic E-state index is -0.966. The summed E-state index contributed by atoms with van der Waals surface area (Å²) in [6.07, 6.45) is 0.574. The summed E-state index contributed by atoms with van der Waals surface area (Å²) in [6, 6.07) is 7.83. The Morgan fingerprint density at radius 3 is 1.69 bits per heavy atom. The van der Waals surface area contributed by atoms with Crippen molar-refractivity contribution >= 4 is 23.7 Å². The molecule has 1 saturated heterocycles. The number of amides is 3. The van der Waals surface area contributed by atoms with Crippen LogP contribution in [0.5, 0.6) is 0 Å². The van der Waals surface area contributed by atoms with Gasteiger partial charge in [0.2, 0.25) is 17.7 Å². The summed E-state index contributed by atoms with van der Waals surface area (Å²) >= 11 is 0. The van der Waals surface area contributed by atoms with Gasteiger partial charge in [-0.2, -0.15) is 0 Å². The summed E-state index contributed by atoms with van der Waals surface area (Å²) in [7, 11) is 0. The van der Waals surface area contributed by atoms with E-state index >= 15 is 0 Å². The van der Waals surface area contributed by atoms with E-state index in [1.54, 1.807) is 0 Å². The lowest BCUT2D eigenvalue weighted by Crippen LogP contribution is -2.54. The third kappa shape index (κ3) is 11.1. The topological polar surface area (TPSA) is 180 Å². The van der Waals surface area contributed by atoms with Crippen molar-refractivity contribution in [2.75, 3.05) is 72.0 Å². The maximum Gasteiger partial charge on any atom is 0.317 e. The SMILES string of the molecule is Cc1ccc(CC2CN(CC(=O)O)CCN(CC(N)=O)CCN(CC(N)=O)CCN2CC(N)=O)cc1. The van der Waals surface area contributed by atoms with Crippen LogP contribution in [0, 0.1) is 6.92 Å². The smallest absolute Gasteiger partial charge is 0.317 e. The molecule has 1 aromatic rings. The van der Waals surface area contributed by atoms with Gasteiger partial charge in [-0.25, -0.2) is 0 Å². The van der Waals surface area contributed by atoms with Gasteiger partial charge in [-0.15, -0.1) is 0 Å². The van der Waals surface area contributed by atoms with E-state index in [2.05, 4.69) is 0 Å². The van der Waals surface area contributed by atoms with Crippen molar-refractivity contribution in [3.05, 3.63) is 35.4 Å². The lowest BCUT2D eigenvalue weighted by atomic mass is 10.0. The van der Waals surface area contributed by atoms with E-state index in [1.807, 2.05) is 50.8 Å². The molecule has 0 saturated carbocycles. The van der Waals surface area contributed by atoms with Crippen molar-refractivity contribution in [2.24, 2.45) is 17.2 Å². The van der Waals surface area contributed by atoms with Crippen molar-refractivity contribution in [1.82, 2.24) is 19.6 Å². The molecule has 7 N–H and O–H groups in total. The van der Waals surface area contributed by atoms with Crippen LogP contribution >= 0.6 is 0 Å². The normalized spacial score (nSPS) is 19.8. The lowest BCUT2D eigenvalue weighted by Gasteiger charge is -2.38. The number of aryl methyl sites for hydroxylation is 1. The summed E-state index contributed by atoms with van der Waals surface area (Å²) in [5, 5.41) is 9.53. The highest BCUT2D eigenvalue weighted by atomic mass is 16.4. The standard InChI is InChI=1S/C24H39N7O5/c1-18-2-4-19(5-3-18)12-20-13-30(17-24(35)36)9-8-28(14-21(25)32)6-7-29(15-22(26)33)10-11-31(20)16-23(27)34/h2-5,20H,6-17H2,1H3,(H2,25,32)(H2,26,33)(H2,27,34)(H,35,36). The fourth-order valence-corrected chi connectivity index (χ4v) is 4.44. The van der Waals surface area contributed by atoms with E-state index in [0.29, 0.717) is 52.2 Å². The highest BCUT2D eigenvalue weighted by Gasteiger charge is 2.26. The van der Waals surface area contributed by atoms with E-state index in [1.165, 1.54) is 0 Å². The van der Waals surface area contributed by atoms with Crippen LogP contribution in [0.25, 0.3) is 0 Å². The highest BCUT2D eigenvalue weighted by Crippen LogP contribution is 2.14. The number of aliphatic carboxylic acids is 1. The summed E-state index contributed by atoms with van der Waals surface area (Å²) in [5.74, 6) is -2.42. The fourth-order valence-electron chi connectivity index (χ4n) is 4.44. The van der Waals surface area contributed by atoms with Gasteiger partial charge in [0.15, 0.2) is 0 Å². The van der Waals surface area contributed by atoms with Gasteiger partial charge in [-0.05, 0) is 18.9 Å². The van der Waals surface area contributed by atoms with Gasteiger partial charge in [-0.3, -0.25) is 38.8 Å². The van der Waals surface area contributed by atoms with Crippen LogP contribution in [0.3, 0.4) is 0 Å². The van der Waals surface area contributed by atoms with Crippen LogP contribution in [0.2, 0.25) is 0 Å². The number of rotatable bonds is 10. The number of carbonyl (C=O) groups excluding carboxylic acids is 3. The second-order valence-electron chi connectivity index (χ2n) is 9.39. The first-order valence-corrected chi connectivity index (χ1v) is 12.0. The molecule has 200 valence electrons. The predicted molar refractivity (Wildman–Crippen MR) is 135 cm³/mol. The zero-order valence-electron chi connectivity index (χ0n) is 21.0. The number of nitrogens with zero attached hydrogens (tertiary/aromatic N) is 4. The highest BCUT2D eigenvalue weighted by molar-refractivity contribution is 5.76. The molecule has 1 atom stereocenters. The van der Waals surface area contributed by atoms with E-state index < -0.39 is 23.7 Å². The van der Waals surface area contributed by atoms with Gasteiger partial charge >= 0.3 is 5.97 Å². The first-order valence-electron chi connectivity index (χ1n) is 12.0. The molecule has 1 aliphatic heterocycles. The Morgan fingerprint density at radius 1 is 0.750 bits per heavy atom. The molecule has 2 rings (SSSR count). The average molecular weight is 506 g/mol. The molecular weight excluding hydrogens is 466 g/mol. The third-order valence-corrected chi connectivity index (χ3v) is 6.22. The van der Waals surface area contributed by atoms with Crippen molar-refractivity contribution in [1.29, 1.82) is 0 Å². The summed E-state index contributed by atoms with van der Waals surface area (Å²) in [5.41, 5.74) is 18.6. The Kier molecular flexibility index (Phi) is 11.7. The van der Waals surface area contributed by atoms with Crippen LogP contribution in [-0.2, 0) is 25.6 Å². The maximum atomic E-state index is 12.0. The molecule has 0 radical (unpaired) electrons. The molecule has 0 aliphatic carbocycles. The molecule has 1 aromatic carbocycles. The summed E-state index contributed by atoms with van der Waals surface area (Å²) in [4.78, 5) is 54.4. The zero-order chi connectivity index (χ0) is 26.7. The second kappa shape index (κ2) is 14.5. The number of benzene rings is 1. The molecular formula is C24H39N7O5. The van der Waals surface area contributed by atoms with Gasteiger partial charge in [0.1, 0.15) is 0 Å². The van der Waals surface area contributed by atoms with E-state index in [-0.39, 0.29) is 32.2 Å². The molecule has 0 aromatic heterocycles. The minimum absolute atomic E-state index is 0.00431. The fraction of sp³-hybridized carbons (Fsp3) is 0.583. The summed E-state index contributed by atoms with van der Waals surface area (Å²) < 4.78 is 0. The number of carbonyl (C=O) groups is 4. The molecule has 12 heteroatoms. The third-order valence-electron chi connectivity index (χ3n) is 6.22. The van der Waals surface area contributed by atoms with Gasteiger partial charge < -0.3 is 22.3 Å². The first kappa shape index (κ1) is 29.2. The Labute approximate surface area is 211 Å². The average Bonchev–Trinajstić information content (AvgIpc) is 2.76.